The third-order valence-electron chi connectivity index (χ3n) is 3.24. The molecule has 2 heterocycles. The Hall–Kier alpha value is -1.82. The van der Waals surface area contributed by atoms with Crippen LogP contribution in [0.1, 0.15) is 23.3 Å². The number of carbonyl (C=O) groups excluding carboxylic acids is 1. The van der Waals surface area contributed by atoms with E-state index in [1.165, 1.54) is 6.07 Å². The average molecular weight is 249 g/mol. The van der Waals surface area contributed by atoms with E-state index in [2.05, 4.69) is 22.2 Å². The Labute approximate surface area is 106 Å². The van der Waals surface area contributed by atoms with Crippen molar-refractivity contribution in [2.45, 2.75) is 18.9 Å². The number of amides is 1. The SMILES string of the molecule is CN1CCC(Nc2nc(C(N)=O)ccc2N)CC1. The smallest absolute Gasteiger partial charge is 0.267 e. The fourth-order valence-corrected chi connectivity index (χ4v) is 2.07. The number of carbonyl (C=O) groups is 1. The fraction of sp³-hybridized carbons (Fsp3) is 0.500. The highest BCUT2D eigenvalue weighted by molar-refractivity contribution is 5.91. The molecule has 5 N–H and O–H groups in total. The molecule has 1 aliphatic heterocycles. The minimum absolute atomic E-state index is 0.236. The Morgan fingerprint density at radius 2 is 2.11 bits per heavy atom. The van der Waals surface area contributed by atoms with E-state index in [-0.39, 0.29) is 5.69 Å². The van der Waals surface area contributed by atoms with E-state index in [0.29, 0.717) is 17.5 Å². The standard InChI is InChI=1S/C12H19N5O/c1-17-6-4-8(5-7-17)15-12-9(13)2-3-10(16-12)11(14)18/h2-3,8H,4-7,13H2,1H3,(H2,14,18)(H,15,16). The Morgan fingerprint density at radius 3 is 2.72 bits per heavy atom. The number of likely N-dealkylation sites (tertiary alicyclic amines) is 1. The predicted octanol–water partition coefficient (Wildman–Crippen LogP) is 0.269. The molecule has 0 radical (unpaired) electrons. The number of nitrogens with one attached hydrogen (secondary N) is 1. The molecule has 18 heavy (non-hydrogen) atoms. The number of anilines is 2. The highest BCUT2D eigenvalue weighted by atomic mass is 16.1. The lowest BCUT2D eigenvalue weighted by Gasteiger charge is -2.30. The average Bonchev–Trinajstić information content (AvgIpc) is 2.34. The van der Waals surface area contributed by atoms with Crippen molar-refractivity contribution >= 4 is 17.4 Å². The quantitative estimate of drug-likeness (QED) is 0.714. The van der Waals surface area contributed by atoms with E-state index in [9.17, 15) is 4.79 Å². The van der Waals surface area contributed by atoms with Gasteiger partial charge in [-0.05, 0) is 45.1 Å². The first-order chi connectivity index (χ1) is 8.56. The normalized spacial score (nSPS) is 17.6. The van der Waals surface area contributed by atoms with Crippen molar-refractivity contribution in [3.05, 3.63) is 17.8 Å². The maximum atomic E-state index is 11.1. The van der Waals surface area contributed by atoms with E-state index in [1.54, 1.807) is 6.07 Å². The summed E-state index contributed by atoms with van der Waals surface area (Å²) in [4.78, 5) is 17.5. The van der Waals surface area contributed by atoms with Gasteiger partial charge in [0.05, 0.1) is 5.69 Å². The molecular weight excluding hydrogens is 230 g/mol. The molecule has 0 unspecified atom stereocenters. The Morgan fingerprint density at radius 1 is 1.44 bits per heavy atom. The molecule has 6 heteroatoms. The van der Waals surface area contributed by atoms with Crippen LogP contribution in [0.15, 0.2) is 12.1 Å². The zero-order valence-corrected chi connectivity index (χ0v) is 10.5. The number of hydrogen-bond donors (Lipinski definition) is 3. The van der Waals surface area contributed by atoms with Crippen LogP contribution in [0.3, 0.4) is 0 Å². The summed E-state index contributed by atoms with van der Waals surface area (Å²) in [7, 11) is 2.11. The number of pyridine rings is 1. The molecule has 1 aliphatic rings. The van der Waals surface area contributed by atoms with Gasteiger partial charge in [0.25, 0.3) is 5.91 Å². The Bertz CT molecular complexity index is 440. The number of rotatable bonds is 3. The van der Waals surface area contributed by atoms with Crippen LogP contribution in [-0.4, -0.2) is 42.0 Å². The maximum absolute atomic E-state index is 11.1. The van der Waals surface area contributed by atoms with Gasteiger partial charge < -0.3 is 21.7 Å². The van der Waals surface area contributed by atoms with Crippen LogP contribution in [0, 0.1) is 0 Å². The number of nitrogens with two attached hydrogens (primary N) is 2. The van der Waals surface area contributed by atoms with Gasteiger partial charge in [0.15, 0.2) is 0 Å². The molecule has 1 fully saturated rings. The first-order valence-corrected chi connectivity index (χ1v) is 6.07. The molecule has 98 valence electrons. The van der Waals surface area contributed by atoms with E-state index in [4.69, 9.17) is 11.5 Å². The monoisotopic (exact) mass is 249 g/mol. The molecular formula is C12H19N5O. The topological polar surface area (TPSA) is 97.3 Å². The first-order valence-electron chi connectivity index (χ1n) is 6.07. The summed E-state index contributed by atoms with van der Waals surface area (Å²) < 4.78 is 0. The third-order valence-corrected chi connectivity index (χ3v) is 3.24. The van der Waals surface area contributed by atoms with E-state index in [0.717, 1.165) is 25.9 Å². The zero-order chi connectivity index (χ0) is 13.1. The second-order valence-corrected chi connectivity index (χ2v) is 4.72. The largest absolute Gasteiger partial charge is 0.396 e. The van der Waals surface area contributed by atoms with Crippen molar-refractivity contribution in [2.24, 2.45) is 5.73 Å². The molecule has 1 amide bonds. The summed E-state index contributed by atoms with van der Waals surface area (Å²) in [6, 6.07) is 3.54. The molecule has 0 aliphatic carbocycles. The molecule has 0 aromatic carbocycles. The first kappa shape index (κ1) is 12.6. The van der Waals surface area contributed by atoms with Crippen LogP contribution in [0.2, 0.25) is 0 Å². The minimum atomic E-state index is -0.540. The van der Waals surface area contributed by atoms with Gasteiger partial charge in [0.2, 0.25) is 0 Å². The van der Waals surface area contributed by atoms with Gasteiger partial charge in [0, 0.05) is 6.04 Å². The molecule has 1 aromatic rings. The minimum Gasteiger partial charge on any atom is -0.396 e. The van der Waals surface area contributed by atoms with Crippen molar-refractivity contribution in [1.82, 2.24) is 9.88 Å². The molecule has 0 saturated carbocycles. The Balaban J connectivity index is 2.08. The molecule has 2 rings (SSSR count). The number of aromatic nitrogens is 1. The fourth-order valence-electron chi connectivity index (χ4n) is 2.07. The summed E-state index contributed by atoms with van der Waals surface area (Å²) in [5.74, 6) is 0.0160. The van der Waals surface area contributed by atoms with Crippen LogP contribution in [-0.2, 0) is 0 Å². The third kappa shape index (κ3) is 2.89. The van der Waals surface area contributed by atoms with Gasteiger partial charge in [-0.3, -0.25) is 4.79 Å². The highest BCUT2D eigenvalue weighted by Crippen LogP contribution is 2.20. The van der Waals surface area contributed by atoms with Gasteiger partial charge in [-0.2, -0.15) is 0 Å². The van der Waals surface area contributed by atoms with Gasteiger partial charge in [0.1, 0.15) is 11.5 Å². The van der Waals surface area contributed by atoms with Gasteiger partial charge in [-0.1, -0.05) is 0 Å². The predicted molar refractivity (Wildman–Crippen MR) is 71.3 cm³/mol. The molecule has 6 nitrogen and oxygen atoms in total. The summed E-state index contributed by atoms with van der Waals surface area (Å²) in [5.41, 5.74) is 11.8. The molecule has 1 aromatic heterocycles. The summed E-state index contributed by atoms with van der Waals surface area (Å²) >= 11 is 0. The van der Waals surface area contributed by atoms with Crippen LogP contribution < -0.4 is 16.8 Å². The van der Waals surface area contributed by atoms with E-state index < -0.39 is 5.91 Å². The van der Waals surface area contributed by atoms with Crippen molar-refractivity contribution in [1.29, 1.82) is 0 Å². The summed E-state index contributed by atoms with van der Waals surface area (Å²) in [6.45, 7) is 2.10. The molecule has 0 atom stereocenters. The van der Waals surface area contributed by atoms with Crippen LogP contribution in [0.4, 0.5) is 11.5 Å². The van der Waals surface area contributed by atoms with Crippen LogP contribution >= 0.6 is 0 Å². The Kier molecular flexibility index (Phi) is 3.66. The van der Waals surface area contributed by atoms with E-state index in [1.807, 2.05) is 0 Å². The van der Waals surface area contributed by atoms with Crippen LogP contribution in [0.25, 0.3) is 0 Å². The van der Waals surface area contributed by atoms with Crippen molar-refractivity contribution in [3.8, 4) is 0 Å². The number of nitrogens with zero attached hydrogens (tertiary/aromatic N) is 2. The molecule has 1 saturated heterocycles. The number of primary amides is 1. The number of nitrogen functional groups attached to an aromatic ring is 1. The lowest BCUT2D eigenvalue weighted by molar-refractivity contribution is 0.0995. The zero-order valence-electron chi connectivity index (χ0n) is 10.5. The van der Waals surface area contributed by atoms with Crippen molar-refractivity contribution in [2.75, 3.05) is 31.2 Å². The van der Waals surface area contributed by atoms with Gasteiger partial charge in [-0.25, -0.2) is 4.98 Å². The lowest BCUT2D eigenvalue weighted by atomic mass is 10.1. The van der Waals surface area contributed by atoms with Gasteiger partial charge >= 0.3 is 0 Å². The lowest BCUT2D eigenvalue weighted by Crippen LogP contribution is -2.37. The molecule has 0 spiro atoms. The second-order valence-electron chi connectivity index (χ2n) is 4.72. The summed E-state index contributed by atoms with van der Waals surface area (Å²) in [5, 5.41) is 3.29. The van der Waals surface area contributed by atoms with E-state index >= 15 is 0 Å². The number of piperidine rings is 1. The molecule has 0 bridgehead atoms. The summed E-state index contributed by atoms with van der Waals surface area (Å²) in [6.07, 6.45) is 2.08. The second kappa shape index (κ2) is 5.22. The van der Waals surface area contributed by atoms with Crippen molar-refractivity contribution in [3.63, 3.8) is 0 Å². The van der Waals surface area contributed by atoms with Crippen LogP contribution in [0.5, 0.6) is 0 Å². The van der Waals surface area contributed by atoms with Crippen molar-refractivity contribution < 1.29 is 4.79 Å². The number of hydrogen-bond acceptors (Lipinski definition) is 5. The van der Waals surface area contributed by atoms with Gasteiger partial charge in [-0.15, -0.1) is 0 Å². The highest BCUT2D eigenvalue weighted by Gasteiger charge is 2.18. The maximum Gasteiger partial charge on any atom is 0.267 e.